The van der Waals surface area contributed by atoms with E-state index in [-0.39, 0.29) is 11.8 Å². The quantitative estimate of drug-likeness (QED) is 0.776. The Hall–Kier alpha value is -2.29. The van der Waals surface area contributed by atoms with Gasteiger partial charge in [-0.3, -0.25) is 4.79 Å². The summed E-state index contributed by atoms with van der Waals surface area (Å²) >= 11 is 7.64. The fraction of sp³-hybridized carbons (Fsp3) is 0.167. The van der Waals surface area contributed by atoms with Gasteiger partial charge in [0.15, 0.2) is 0 Å². The lowest BCUT2D eigenvalue weighted by molar-refractivity contribution is -0.119. The second-order valence-corrected chi connectivity index (χ2v) is 7.20. The van der Waals surface area contributed by atoms with Crippen LogP contribution >= 0.6 is 23.4 Å². The van der Waals surface area contributed by atoms with E-state index >= 15 is 0 Å². The Morgan fingerprint density at radius 1 is 1.25 bits per heavy atom. The van der Waals surface area contributed by atoms with Gasteiger partial charge in [-0.15, -0.1) is 11.8 Å². The molecule has 2 aromatic carbocycles. The molecule has 24 heavy (non-hydrogen) atoms. The Morgan fingerprint density at radius 2 is 2.04 bits per heavy atom. The minimum atomic E-state index is -0.0217. The van der Waals surface area contributed by atoms with Gasteiger partial charge in [0.25, 0.3) is 0 Å². The van der Waals surface area contributed by atoms with Crippen molar-refractivity contribution in [1.29, 1.82) is 5.26 Å². The topological polar surface area (TPSA) is 56.5 Å². The standard InChI is InChI=1S/C18H12ClN3OS/c19-13-2-4-14(5-3-13)22-17(23)8-12-10-24-16-6-1-11(9-20)7-15(16)18(12)21-22/h1-7,12H,8,10H2. The van der Waals surface area contributed by atoms with Crippen molar-refractivity contribution in [2.75, 3.05) is 10.8 Å². The Morgan fingerprint density at radius 3 is 2.79 bits per heavy atom. The van der Waals surface area contributed by atoms with E-state index in [4.69, 9.17) is 16.9 Å². The third kappa shape index (κ3) is 2.58. The van der Waals surface area contributed by atoms with Crippen molar-refractivity contribution in [1.82, 2.24) is 0 Å². The molecule has 0 aliphatic carbocycles. The summed E-state index contributed by atoms with van der Waals surface area (Å²) in [4.78, 5) is 13.6. The summed E-state index contributed by atoms with van der Waals surface area (Å²) in [6.07, 6.45) is 0.421. The number of rotatable bonds is 1. The maximum Gasteiger partial charge on any atom is 0.248 e. The molecule has 0 saturated carbocycles. The van der Waals surface area contributed by atoms with E-state index in [0.29, 0.717) is 22.7 Å². The highest BCUT2D eigenvalue weighted by Gasteiger charge is 2.35. The lowest BCUT2D eigenvalue weighted by Crippen LogP contribution is -2.39. The van der Waals surface area contributed by atoms with Gasteiger partial charge in [0.2, 0.25) is 5.91 Å². The third-order valence-electron chi connectivity index (χ3n) is 4.15. The van der Waals surface area contributed by atoms with E-state index in [0.717, 1.165) is 21.9 Å². The first kappa shape index (κ1) is 15.3. The van der Waals surface area contributed by atoms with Crippen LogP contribution in [0.5, 0.6) is 0 Å². The first-order valence-corrected chi connectivity index (χ1v) is 8.86. The first-order valence-electron chi connectivity index (χ1n) is 7.50. The molecule has 0 spiro atoms. The molecule has 6 heteroatoms. The van der Waals surface area contributed by atoms with Crippen LogP contribution in [0.15, 0.2) is 52.5 Å². The summed E-state index contributed by atoms with van der Waals surface area (Å²) in [5, 5.41) is 15.9. The van der Waals surface area contributed by atoms with Crippen LogP contribution in [-0.4, -0.2) is 17.4 Å². The number of benzene rings is 2. The number of hydrogen-bond donors (Lipinski definition) is 0. The first-order chi connectivity index (χ1) is 11.7. The van der Waals surface area contributed by atoms with Crippen molar-refractivity contribution >= 4 is 40.7 Å². The number of fused-ring (bicyclic) bond motifs is 3. The molecule has 2 heterocycles. The van der Waals surface area contributed by atoms with Crippen LogP contribution in [0.2, 0.25) is 5.02 Å². The lowest BCUT2D eigenvalue weighted by atomic mass is 9.92. The van der Waals surface area contributed by atoms with Crippen LogP contribution in [0.3, 0.4) is 0 Å². The number of carbonyl (C=O) groups is 1. The number of anilines is 1. The highest BCUT2D eigenvalue weighted by Crippen LogP contribution is 2.38. The van der Waals surface area contributed by atoms with Crippen LogP contribution in [-0.2, 0) is 4.79 Å². The van der Waals surface area contributed by atoms with Gasteiger partial charge in [-0.1, -0.05) is 11.6 Å². The van der Waals surface area contributed by atoms with E-state index in [1.165, 1.54) is 5.01 Å². The largest absolute Gasteiger partial charge is 0.273 e. The van der Waals surface area contributed by atoms with Crippen molar-refractivity contribution in [3.8, 4) is 6.07 Å². The average molecular weight is 354 g/mol. The smallest absolute Gasteiger partial charge is 0.248 e. The van der Waals surface area contributed by atoms with Gasteiger partial charge in [-0.25, -0.2) is 5.01 Å². The molecule has 0 saturated heterocycles. The molecule has 0 radical (unpaired) electrons. The number of carbonyl (C=O) groups excluding carboxylic acids is 1. The number of hydrogen-bond acceptors (Lipinski definition) is 4. The van der Waals surface area contributed by atoms with E-state index in [1.54, 1.807) is 36.0 Å². The summed E-state index contributed by atoms with van der Waals surface area (Å²) in [5.41, 5.74) is 3.15. The number of nitrogens with zero attached hydrogens (tertiary/aromatic N) is 3. The van der Waals surface area contributed by atoms with Crippen molar-refractivity contribution in [2.45, 2.75) is 11.3 Å². The molecule has 0 bridgehead atoms. The van der Waals surface area contributed by atoms with Gasteiger partial charge in [0, 0.05) is 33.6 Å². The predicted molar refractivity (Wildman–Crippen MR) is 95.5 cm³/mol. The lowest BCUT2D eigenvalue weighted by Gasteiger charge is -2.33. The Kier molecular flexibility index (Phi) is 3.79. The number of nitriles is 1. The van der Waals surface area contributed by atoms with Crippen molar-refractivity contribution in [3.05, 3.63) is 58.6 Å². The molecule has 4 rings (SSSR count). The van der Waals surface area contributed by atoms with Gasteiger partial charge < -0.3 is 0 Å². The van der Waals surface area contributed by atoms with Gasteiger partial charge in [-0.2, -0.15) is 10.4 Å². The molecule has 1 atom stereocenters. The van der Waals surface area contributed by atoms with Crippen LogP contribution in [0.25, 0.3) is 0 Å². The van der Waals surface area contributed by atoms with Crippen molar-refractivity contribution < 1.29 is 4.79 Å². The van der Waals surface area contributed by atoms with Crippen LogP contribution in [0, 0.1) is 17.2 Å². The maximum atomic E-state index is 12.5. The Labute approximate surface area is 148 Å². The van der Waals surface area contributed by atoms with E-state index in [9.17, 15) is 4.79 Å². The summed E-state index contributed by atoms with van der Waals surface area (Å²) < 4.78 is 0. The third-order valence-corrected chi connectivity index (χ3v) is 5.64. The highest BCUT2D eigenvalue weighted by molar-refractivity contribution is 7.99. The molecular weight excluding hydrogens is 342 g/mol. The normalized spacial score (nSPS) is 19.2. The molecule has 0 fully saturated rings. The zero-order valence-electron chi connectivity index (χ0n) is 12.6. The number of amides is 1. The number of hydrazone groups is 1. The second-order valence-electron chi connectivity index (χ2n) is 5.70. The molecule has 2 aliphatic heterocycles. The molecule has 4 nitrogen and oxygen atoms in total. The molecule has 0 N–H and O–H groups in total. The zero-order valence-corrected chi connectivity index (χ0v) is 14.1. The maximum absolute atomic E-state index is 12.5. The summed E-state index contributed by atoms with van der Waals surface area (Å²) in [6, 6.07) is 14.9. The van der Waals surface area contributed by atoms with Gasteiger partial charge in [0.05, 0.1) is 23.0 Å². The SMILES string of the molecule is N#Cc1ccc2c(c1)C1=NN(c3ccc(Cl)cc3)C(=O)CC1CS2. The number of halogens is 1. The van der Waals surface area contributed by atoms with Crippen LogP contribution in [0.4, 0.5) is 5.69 Å². The Balaban J connectivity index is 1.82. The second kappa shape index (κ2) is 5.97. The van der Waals surface area contributed by atoms with Crippen molar-refractivity contribution in [3.63, 3.8) is 0 Å². The minimum absolute atomic E-state index is 0.0217. The number of thioether (sulfide) groups is 1. The predicted octanol–water partition coefficient (Wildman–Crippen LogP) is 4.07. The fourth-order valence-corrected chi connectivity index (χ4v) is 4.22. The van der Waals surface area contributed by atoms with E-state index in [1.807, 2.05) is 18.2 Å². The molecular formula is C18H12ClN3OS. The monoisotopic (exact) mass is 353 g/mol. The summed E-state index contributed by atoms with van der Waals surface area (Å²) in [7, 11) is 0. The van der Waals surface area contributed by atoms with Crippen molar-refractivity contribution in [2.24, 2.45) is 11.0 Å². The molecule has 1 unspecified atom stereocenters. The van der Waals surface area contributed by atoms with Gasteiger partial charge in [0.1, 0.15) is 0 Å². The molecule has 2 aliphatic rings. The Bertz CT molecular complexity index is 901. The van der Waals surface area contributed by atoms with Crippen LogP contribution < -0.4 is 5.01 Å². The van der Waals surface area contributed by atoms with E-state index in [2.05, 4.69) is 11.2 Å². The van der Waals surface area contributed by atoms with E-state index < -0.39 is 0 Å². The molecule has 2 aromatic rings. The zero-order chi connectivity index (χ0) is 16.7. The highest BCUT2D eigenvalue weighted by atomic mass is 35.5. The summed E-state index contributed by atoms with van der Waals surface area (Å²) in [5.74, 6) is 0.900. The van der Waals surface area contributed by atoms with Crippen LogP contribution in [0.1, 0.15) is 17.5 Å². The van der Waals surface area contributed by atoms with Gasteiger partial charge in [-0.05, 0) is 42.5 Å². The average Bonchev–Trinajstić information content (AvgIpc) is 2.61. The molecule has 1 amide bonds. The fourth-order valence-electron chi connectivity index (χ4n) is 2.95. The molecule has 118 valence electrons. The summed E-state index contributed by atoms with van der Waals surface area (Å²) in [6.45, 7) is 0. The van der Waals surface area contributed by atoms with Gasteiger partial charge >= 0.3 is 0 Å². The molecule has 0 aromatic heterocycles. The minimum Gasteiger partial charge on any atom is -0.273 e.